The summed E-state index contributed by atoms with van der Waals surface area (Å²) in [6, 6.07) is 5.71. The summed E-state index contributed by atoms with van der Waals surface area (Å²) in [5.74, 6) is 0.751. The molecule has 0 heterocycles. The minimum atomic E-state index is 0.376. The summed E-state index contributed by atoms with van der Waals surface area (Å²) in [6.45, 7) is 0.496. The molecule has 0 atom stereocenters. The first kappa shape index (κ1) is 10.7. The molecule has 0 saturated carbocycles. The van der Waals surface area contributed by atoms with E-state index < -0.39 is 0 Å². The molecule has 0 N–H and O–H groups in total. The number of ether oxygens (including phenoxy) is 2. The predicted octanol–water partition coefficient (Wildman–Crippen LogP) is 1.58. The quantitative estimate of drug-likeness (QED) is 0.667. The lowest BCUT2D eigenvalue weighted by Crippen LogP contribution is -1.99. The standard InChI is InChI=1S/C11H14O3/c1-13-8-10-5-3-4-9(6-7-12)11(10)14-2/h3-5,7H,6,8H2,1-2H3. The maximum Gasteiger partial charge on any atom is 0.127 e. The summed E-state index contributed by atoms with van der Waals surface area (Å²) in [6.07, 6.45) is 1.25. The molecule has 1 rings (SSSR count). The molecular weight excluding hydrogens is 180 g/mol. The Morgan fingerprint density at radius 1 is 1.29 bits per heavy atom. The van der Waals surface area contributed by atoms with Crippen molar-refractivity contribution in [1.82, 2.24) is 0 Å². The van der Waals surface area contributed by atoms with E-state index >= 15 is 0 Å². The Bertz CT molecular complexity index is 307. The normalized spacial score (nSPS) is 9.86. The summed E-state index contributed by atoms with van der Waals surface area (Å²) >= 11 is 0. The molecule has 0 amide bonds. The van der Waals surface area contributed by atoms with Crippen LogP contribution in [0.4, 0.5) is 0 Å². The van der Waals surface area contributed by atoms with Gasteiger partial charge in [-0.05, 0) is 0 Å². The van der Waals surface area contributed by atoms with E-state index in [1.807, 2.05) is 18.2 Å². The van der Waals surface area contributed by atoms with Crippen LogP contribution >= 0.6 is 0 Å². The molecule has 1 aromatic rings. The number of carbonyl (C=O) groups is 1. The zero-order chi connectivity index (χ0) is 10.4. The van der Waals surface area contributed by atoms with Gasteiger partial charge in [-0.2, -0.15) is 0 Å². The molecule has 0 saturated heterocycles. The number of carbonyl (C=O) groups excluding carboxylic acids is 1. The number of hydrogen-bond acceptors (Lipinski definition) is 3. The Labute approximate surface area is 83.6 Å². The third-order valence-corrected chi connectivity index (χ3v) is 1.99. The van der Waals surface area contributed by atoms with E-state index in [0.717, 1.165) is 23.2 Å². The minimum absolute atomic E-state index is 0.376. The zero-order valence-corrected chi connectivity index (χ0v) is 8.45. The van der Waals surface area contributed by atoms with Crippen molar-refractivity contribution in [2.45, 2.75) is 13.0 Å². The Balaban J connectivity index is 3.03. The number of rotatable bonds is 5. The third kappa shape index (κ3) is 2.33. The third-order valence-electron chi connectivity index (χ3n) is 1.99. The molecule has 14 heavy (non-hydrogen) atoms. The van der Waals surface area contributed by atoms with E-state index in [1.165, 1.54) is 0 Å². The highest BCUT2D eigenvalue weighted by Crippen LogP contribution is 2.24. The van der Waals surface area contributed by atoms with Gasteiger partial charge in [-0.1, -0.05) is 18.2 Å². The molecule has 0 radical (unpaired) electrons. The van der Waals surface area contributed by atoms with Crippen molar-refractivity contribution in [3.63, 3.8) is 0 Å². The molecule has 0 unspecified atom stereocenters. The second-order valence-electron chi connectivity index (χ2n) is 2.91. The van der Waals surface area contributed by atoms with Crippen LogP contribution in [-0.2, 0) is 22.6 Å². The zero-order valence-electron chi connectivity index (χ0n) is 8.45. The number of hydrogen-bond donors (Lipinski definition) is 0. The van der Waals surface area contributed by atoms with E-state index in [1.54, 1.807) is 14.2 Å². The number of aldehydes is 1. The van der Waals surface area contributed by atoms with Gasteiger partial charge in [0.05, 0.1) is 13.7 Å². The first-order valence-corrected chi connectivity index (χ1v) is 4.40. The Morgan fingerprint density at radius 2 is 2.00 bits per heavy atom. The van der Waals surface area contributed by atoms with Gasteiger partial charge in [0.15, 0.2) is 0 Å². The molecule has 3 heteroatoms. The van der Waals surface area contributed by atoms with E-state index in [-0.39, 0.29) is 0 Å². The Kier molecular flexibility index (Phi) is 4.13. The highest BCUT2D eigenvalue weighted by Gasteiger charge is 2.07. The van der Waals surface area contributed by atoms with Gasteiger partial charge in [-0.3, -0.25) is 0 Å². The first-order chi connectivity index (χ1) is 6.83. The number of benzene rings is 1. The van der Waals surface area contributed by atoms with Gasteiger partial charge < -0.3 is 14.3 Å². The average Bonchev–Trinajstić information content (AvgIpc) is 2.19. The summed E-state index contributed by atoms with van der Waals surface area (Å²) in [5, 5.41) is 0. The SMILES string of the molecule is COCc1cccc(CC=O)c1OC. The van der Waals surface area contributed by atoms with Gasteiger partial charge >= 0.3 is 0 Å². The van der Waals surface area contributed by atoms with Crippen LogP contribution in [0.15, 0.2) is 18.2 Å². The van der Waals surface area contributed by atoms with E-state index in [2.05, 4.69) is 0 Å². The molecule has 0 fully saturated rings. The van der Waals surface area contributed by atoms with Crippen LogP contribution in [0.5, 0.6) is 5.75 Å². The highest BCUT2D eigenvalue weighted by molar-refractivity contribution is 5.58. The molecule has 0 aliphatic rings. The van der Waals surface area contributed by atoms with Crippen LogP contribution in [0.2, 0.25) is 0 Å². The Hall–Kier alpha value is -1.35. The second-order valence-corrected chi connectivity index (χ2v) is 2.91. The summed E-state index contributed by atoms with van der Waals surface area (Å²) in [4.78, 5) is 10.4. The summed E-state index contributed by atoms with van der Waals surface area (Å²) in [7, 11) is 3.23. The van der Waals surface area contributed by atoms with Crippen LogP contribution in [0.3, 0.4) is 0 Å². The monoisotopic (exact) mass is 194 g/mol. The molecular formula is C11H14O3. The summed E-state index contributed by atoms with van der Waals surface area (Å²) < 4.78 is 10.3. The second kappa shape index (κ2) is 5.40. The molecule has 1 aromatic carbocycles. The predicted molar refractivity (Wildman–Crippen MR) is 53.5 cm³/mol. The van der Waals surface area contributed by atoms with E-state index in [0.29, 0.717) is 13.0 Å². The molecule has 3 nitrogen and oxygen atoms in total. The number of methoxy groups -OCH3 is 2. The van der Waals surface area contributed by atoms with Gasteiger partial charge in [0.1, 0.15) is 12.0 Å². The van der Waals surface area contributed by atoms with Crippen molar-refractivity contribution in [1.29, 1.82) is 0 Å². The smallest absolute Gasteiger partial charge is 0.127 e. The first-order valence-electron chi connectivity index (χ1n) is 4.40. The van der Waals surface area contributed by atoms with Gasteiger partial charge in [0, 0.05) is 24.7 Å². The molecule has 76 valence electrons. The van der Waals surface area contributed by atoms with Crippen LogP contribution in [0, 0.1) is 0 Å². The highest BCUT2D eigenvalue weighted by atomic mass is 16.5. The molecule has 0 spiro atoms. The molecule has 0 bridgehead atoms. The fourth-order valence-electron chi connectivity index (χ4n) is 1.42. The van der Waals surface area contributed by atoms with Gasteiger partial charge in [-0.15, -0.1) is 0 Å². The van der Waals surface area contributed by atoms with Gasteiger partial charge in [-0.25, -0.2) is 0 Å². The number of para-hydroxylation sites is 1. The van der Waals surface area contributed by atoms with E-state index in [4.69, 9.17) is 9.47 Å². The average molecular weight is 194 g/mol. The Morgan fingerprint density at radius 3 is 2.57 bits per heavy atom. The van der Waals surface area contributed by atoms with Crippen molar-refractivity contribution in [3.05, 3.63) is 29.3 Å². The minimum Gasteiger partial charge on any atom is -0.496 e. The molecule has 0 aliphatic heterocycles. The lowest BCUT2D eigenvalue weighted by Gasteiger charge is -2.11. The van der Waals surface area contributed by atoms with Crippen molar-refractivity contribution in [2.75, 3.05) is 14.2 Å². The van der Waals surface area contributed by atoms with Crippen molar-refractivity contribution < 1.29 is 14.3 Å². The van der Waals surface area contributed by atoms with Crippen molar-refractivity contribution in [3.8, 4) is 5.75 Å². The lowest BCUT2D eigenvalue weighted by molar-refractivity contribution is -0.107. The molecule has 0 aliphatic carbocycles. The van der Waals surface area contributed by atoms with Crippen LogP contribution in [-0.4, -0.2) is 20.5 Å². The van der Waals surface area contributed by atoms with Crippen molar-refractivity contribution in [2.24, 2.45) is 0 Å². The van der Waals surface area contributed by atoms with Gasteiger partial charge in [0.25, 0.3) is 0 Å². The van der Waals surface area contributed by atoms with Gasteiger partial charge in [0.2, 0.25) is 0 Å². The van der Waals surface area contributed by atoms with Crippen LogP contribution in [0.25, 0.3) is 0 Å². The fourth-order valence-corrected chi connectivity index (χ4v) is 1.42. The van der Waals surface area contributed by atoms with Crippen LogP contribution in [0.1, 0.15) is 11.1 Å². The largest absolute Gasteiger partial charge is 0.496 e. The van der Waals surface area contributed by atoms with Crippen molar-refractivity contribution >= 4 is 6.29 Å². The van der Waals surface area contributed by atoms with Crippen LogP contribution < -0.4 is 4.74 Å². The summed E-state index contributed by atoms with van der Waals surface area (Å²) in [5.41, 5.74) is 1.87. The molecule has 0 aromatic heterocycles. The maximum absolute atomic E-state index is 10.4. The topological polar surface area (TPSA) is 35.5 Å². The fraction of sp³-hybridized carbons (Fsp3) is 0.364. The lowest BCUT2D eigenvalue weighted by atomic mass is 10.1. The van der Waals surface area contributed by atoms with E-state index in [9.17, 15) is 4.79 Å². The maximum atomic E-state index is 10.4.